The van der Waals surface area contributed by atoms with Crippen molar-refractivity contribution in [2.45, 2.75) is 12.6 Å². The molecule has 3 aromatic rings. The van der Waals surface area contributed by atoms with Gasteiger partial charge in [0.25, 0.3) is 0 Å². The Kier molecular flexibility index (Phi) is 3.92. The number of pyridine rings is 1. The van der Waals surface area contributed by atoms with Crippen LogP contribution in [0.2, 0.25) is 0 Å². The van der Waals surface area contributed by atoms with Crippen LogP contribution >= 0.6 is 0 Å². The SMILES string of the molecule is CN1Cc2ccccc2C1CNc1ccc(-c2ccccn2)nn1. The minimum absolute atomic E-state index is 0.360. The van der Waals surface area contributed by atoms with E-state index in [0.717, 1.165) is 30.3 Å². The number of benzene rings is 1. The number of hydrogen-bond donors (Lipinski definition) is 1. The molecule has 0 saturated heterocycles. The molecule has 1 N–H and O–H groups in total. The minimum Gasteiger partial charge on any atom is -0.367 e. The highest BCUT2D eigenvalue weighted by Gasteiger charge is 2.26. The summed E-state index contributed by atoms with van der Waals surface area (Å²) in [5.41, 5.74) is 4.42. The van der Waals surface area contributed by atoms with Crippen LogP contribution in [0, 0.1) is 0 Å². The minimum atomic E-state index is 0.360. The quantitative estimate of drug-likeness (QED) is 0.801. The first kappa shape index (κ1) is 14.8. The monoisotopic (exact) mass is 317 g/mol. The molecule has 3 heterocycles. The normalized spacial score (nSPS) is 16.8. The number of fused-ring (bicyclic) bond motifs is 1. The van der Waals surface area contributed by atoms with Crippen molar-refractivity contribution in [3.63, 3.8) is 0 Å². The molecule has 0 fully saturated rings. The number of anilines is 1. The summed E-state index contributed by atoms with van der Waals surface area (Å²) in [7, 11) is 2.15. The standard InChI is InChI=1S/C19H19N5/c1-24-13-14-6-2-3-7-15(14)18(24)12-21-19-10-9-17(22-23-19)16-8-4-5-11-20-16/h2-11,18H,12-13H2,1H3,(H,21,23). The number of nitrogens with one attached hydrogen (secondary N) is 1. The molecule has 0 bridgehead atoms. The van der Waals surface area contributed by atoms with Gasteiger partial charge in [0.15, 0.2) is 0 Å². The molecule has 1 atom stereocenters. The fourth-order valence-electron chi connectivity index (χ4n) is 3.16. The first-order chi connectivity index (χ1) is 11.8. The van der Waals surface area contributed by atoms with Gasteiger partial charge in [-0.05, 0) is 42.4 Å². The van der Waals surface area contributed by atoms with Crippen LogP contribution in [-0.2, 0) is 6.54 Å². The number of likely N-dealkylation sites (N-methyl/N-ethyl adjacent to an activating group) is 1. The van der Waals surface area contributed by atoms with Crippen molar-refractivity contribution in [1.82, 2.24) is 20.1 Å². The molecule has 0 aliphatic carbocycles. The summed E-state index contributed by atoms with van der Waals surface area (Å²) in [6, 6.07) is 18.7. The zero-order valence-electron chi connectivity index (χ0n) is 13.6. The van der Waals surface area contributed by atoms with Crippen molar-refractivity contribution in [1.29, 1.82) is 0 Å². The molecule has 0 saturated carbocycles. The van der Waals surface area contributed by atoms with Gasteiger partial charge in [0, 0.05) is 19.3 Å². The largest absolute Gasteiger partial charge is 0.367 e. The zero-order chi connectivity index (χ0) is 16.4. The molecular formula is C19H19N5. The first-order valence-electron chi connectivity index (χ1n) is 8.08. The van der Waals surface area contributed by atoms with E-state index in [1.54, 1.807) is 6.20 Å². The van der Waals surface area contributed by atoms with Gasteiger partial charge in [-0.25, -0.2) is 0 Å². The van der Waals surface area contributed by atoms with Crippen LogP contribution in [0.5, 0.6) is 0 Å². The second kappa shape index (κ2) is 6.37. The van der Waals surface area contributed by atoms with Crippen LogP contribution in [0.4, 0.5) is 5.82 Å². The van der Waals surface area contributed by atoms with E-state index in [9.17, 15) is 0 Å². The lowest BCUT2D eigenvalue weighted by Gasteiger charge is -2.21. The molecule has 1 aliphatic heterocycles. The van der Waals surface area contributed by atoms with Crippen LogP contribution in [0.3, 0.4) is 0 Å². The Labute approximate surface area is 141 Å². The molecule has 24 heavy (non-hydrogen) atoms. The van der Waals surface area contributed by atoms with E-state index in [1.807, 2.05) is 30.3 Å². The summed E-state index contributed by atoms with van der Waals surface area (Å²) in [6.45, 7) is 1.80. The molecular weight excluding hydrogens is 298 g/mol. The van der Waals surface area contributed by atoms with E-state index in [1.165, 1.54) is 11.1 Å². The Morgan fingerprint density at radius 1 is 1.00 bits per heavy atom. The number of hydrogen-bond acceptors (Lipinski definition) is 5. The molecule has 2 aromatic heterocycles. The molecule has 0 amide bonds. The Balaban J connectivity index is 1.45. The van der Waals surface area contributed by atoms with E-state index < -0.39 is 0 Å². The summed E-state index contributed by atoms with van der Waals surface area (Å²) in [6.07, 6.45) is 1.76. The topological polar surface area (TPSA) is 53.9 Å². The smallest absolute Gasteiger partial charge is 0.148 e. The Bertz CT molecular complexity index is 817. The van der Waals surface area contributed by atoms with Crippen molar-refractivity contribution in [3.05, 3.63) is 71.9 Å². The fraction of sp³-hybridized carbons (Fsp3) is 0.211. The van der Waals surface area contributed by atoms with Crippen LogP contribution in [0.15, 0.2) is 60.8 Å². The van der Waals surface area contributed by atoms with Crippen LogP contribution < -0.4 is 5.32 Å². The maximum atomic E-state index is 4.29. The average Bonchev–Trinajstić information content (AvgIpc) is 2.96. The lowest BCUT2D eigenvalue weighted by Crippen LogP contribution is -2.24. The Hall–Kier alpha value is -2.79. The van der Waals surface area contributed by atoms with E-state index in [0.29, 0.717) is 6.04 Å². The van der Waals surface area contributed by atoms with Gasteiger partial charge in [-0.15, -0.1) is 10.2 Å². The molecule has 5 nitrogen and oxygen atoms in total. The Morgan fingerprint density at radius 2 is 1.88 bits per heavy atom. The van der Waals surface area contributed by atoms with Gasteiger partial charge in [-0.1, -0.05) is 30.3 Å². The third-order valence-corrected chi connectivity index (χ3v) is 4.43. The number of nitrogens with zero attached hydrogens (tertiary/aromatic N) is 4. The van der Waals surface area contributed by atoms with Gasteiger partial charge >= 0.3 is 0 Å². The third kappa shape index (κ3) is 2.86. The predicted molar refractivity (Wildman–Crippen MR) is 94.4 cm³/mol. The van der Waals surface area contributed by atoms with Crippen molar-refractivity contribution in [2.24, 2.45) is 0 Å². The lowest BCUT2D eigenvalue weighted by atomic mass is 10.1. The number of aromatic nitrogens is 3. The van der Waals surface area contributed by atoms with Crippen LogP contribution in [0.25, 0.3) is 11.4 Å². The summed E-state index contributed by atoms with van der Waals surface area (Å²) in [4.78, 5) is 6.65. The Morgan fingerprint density at radius 3 is 2.67 bits per heavy atom. The van der Waals surface area contributed by atoms with Crippen molar-refractivity contribution >= 4 is 5.82 Å². The molecule has 1 aromatic carbocycles. The van der Waals surface area contributed by atoms with Gasteiger partial charge < -0.3 is 5.32 Å². The highest BCUT2D eigenvalue weighted by molar-refractivity contribution is 5.54. The summed E-state index contributed by atoms with van der Waals surface area (Å²) >= 11 is 0. The van der Waals surface area contributed by atoms with Gasteiger partial charge in [-0.2, -0.15) is 0 Å². The third-order valence-electron chi connectivity index (χ3n) is 4.43. The maximum absolute atomic E-state index is 4.29. The van der Waals surface area contributed by atoms with Gasteiger partial charge in [0.1, 0.15) is 11.5 Å². The van der Waals surface area contributed by atoms with E-state index in [4.69, 9.17) is 0 Å². The number of rotatable bonds is 4. The highest BCUT2D eigenvalue weighted by Crippen LogP contribution is 2.32. The molecule has 5 heteroatoms. The van der Waals surface area contributed by atoms with Crippen LogP contribution in [-0.4, -0.2) is 33.7 Å². The molecule has 1 unspecified atom stereocenters. The molecule has 4 rings (SSSR count). The molecule has 0 spiro atoms. The summed E-state index contributed by atoms with van der Waals surface area (Å²) < 4.78 is 0. The fourth-order valence-corrected chi connectivity index (χ4v) is 3.16. The first-order valence-corrected chi connectivity index (χ1v) is 8.08. The van der Waals surface area contributed by atoms with Gasteiger partial charge in [0.05, 0.1) is 11.7 Å². The van der Waals surface area contributed by atoms with Crippen LogP contribution in [0.1, 0.15) is 17.2 Å². The van der Waals surface area contributed by atoms with Crippen molar-refractivity contribution < 1.29 is 0 Å². The van der Waals surface area contributed by atoms with E-state index in [2.05, 4.69) is 56.7 Å². The van der Waals surface area contributed by atoms with E-state index >= 15 is 0 Å². The second-order valence-corrected chi connectivity index (χ2v) is 6.03. The van der Waals surface area contributed by atoms with Gasteiger partial charge in [-0.3, -0.25) is 9.88 Å². The van der Waals surface area contributed by atoms with E-state index in [-0.39, 0.29) is 0 Å². The summed E-state index contributed by atoms with van der Waals surface area (Å²) in [5.74, 6) is 0.785. The average molecular weight is 317 g/mol. The predicted octanol–water partition coefficient (Wildman–Crippen LogP) is 3.14. The maximum Gasteiger partial charge on any atom is 0.148 e. The molecule has 1 aliphatic rings. The van der Waals surface area contributed by atoms with Crippen molar-refractivity contribution in [2.75, 3.05) is 18.9 Å². The summed E-state index contributed by atoms with van der Waals surface area (Å²) in [5, 5.41) is 11.9. The molecule has 0 radical (unpaired) electrons. The molecule has 120 valence electrons. The zero-order valence-corrected chi connectivity index (χ0v) is 13.6. The lowest BCUT2D eigenvalue weighted by molar-refractivity contribution is 0.279. The van der Waals surface area contributed by atoms with Crippen molar-refractivity contribution in [3.8, 4) is 11.4 Å². The highest BCUT2D eigenvalue weighted by atomic mass is 15.2. The second-order valence-electron chi connectivity index (χ2n) is 6.03. The van der Waals surface area contributed by atoms with Gasteiger partial charge in [0.2, 0.25) is 0 Å².